The van der Waals surface area contributed by atoms with Gasteiger partial charge < -0.3 is 5.11 Å². The zero-order valence-electron chi connectivity index (χ0n) is 17.9. The van der Waals surface area contributed by atoms with E-state index in [4.69, 9.17) is 0 Å². The first kappa shape index (κ1) is 20.6. The number of hydrogen-bond acceptors (Lipinski definition) is 1. The van der Waals surface area contributed by atoms with Crippen molar-refractivity contribution in [2.75, 3.05) is 0 Å². The van der Waals surface area contributed by atoms with Gasteiger partial charge in [0.15, 0.2) is 0 Å². The summed E-state index contributed by atoms with van der Waals surface area (Å²) in [5, 5.41) is 11.0. The van der Waals surface area contributed by atoms with Gasteiger partial charge in [0.05, 0.1) is 0 Å². The van der Waals surface area contributed by atoms with Crippen LogP contribution in [0.5, 0.6) is 5.75 Å². The Bertz CT molecular complexity index is 745. The fraction of sp³-hybridized carbons (Fsp3) is 0.520. The Morgan fingerprint density at radius 3 is 1.92 bits per heavy atom. The predicted molar refractivity (Wildman–Crippen MR) is 114 cm³/mol. The third kappa shape index (κ3) is 4.14. The van der Waals surface area contributed by atoms with Gasteiger partial charge in [-0.2, -0.15) is 0 Å². The van der Waals surface area contributed by atoms with Gasteiger partial charge in [-0.05, 0) is 57.9 Å². The second-order valence-electron chi connectivity index (χ2n) is 9.34. The third-order valence-electron chi connectivity index (χ3n) is 6.01. The molecule has 0 amide bonds. The van der Waals surface area contributed by atoms with Crippen molar-refractivity contribution in [1.29, 1.82) is 0 Å². The first-order valence-electron chi connectivity index (χ1n) is 9.99. The fourth-order valence-electron chi connectivity index (χ4n) is 3.22. The monoisotopic (exact) mass is 352 g/mol. The van der Waals surface area contributed by atoms with Gasteiger partial charge >= 0.3 is 0 Å². The molecule has 142 valence electrons. The quantitative estimate of drug-likeness (QED) is 0.588. The lowest BCUT2D eigenvalue weighted by atomic mass is 9.78. The molecule has 0 saturated carbocycles. The Morgan fingerprint density at radius 1 is 0.885 bits per heavy atom. The molecule has 0 radical (unpaired) electrons. The highest BCUT2D eigenvalue weighted by Gasteiger charge is 2.24. The van der Waals surface area contributed by atoms with Gasteiger partial charge in [-0.1, -0.05) is 85.7 Å². The van der Waals surface area contributed by atoms with Crippen LogP contribution in [0.1, 0.15) is 90.8 Å². The van der Waals surface area contributed by atoms with E-state index in [0.717, 1.165) is 29.5 Å². The minimum absolute atomic E-state index is 0.0933. The number of phenols is 1. The second kappa shape index (κ2) is 7.47. The van der Waals surface area contributed by atoms with Crippen LogP contribution in [0.2, 0.25) is 0 Å². The minimum atomic E-state index is 0.0933. The summed E-state index contributed by atoms with van der Waals surface area (Å²) in [6, 6.07) is 13.1. The molecule has 1 N–H and O–H groups in total. The van der Waals surface area contributed by atoms with Crippen molar-refractivity contribution in [3.63, 3.8) is 0 Å². The molecule has 26 heavy (non-hydrogen) atoms. The Kier molecular flexibility index (Phi) is 5.90. The normalized spacial score (nSPS) is 13.7. The maximum atomic E-state index is 11.0. The molecule has 0 aliphatic carbocycles. The van der Waals surface area contributed by atoms with Crippen molar-refractivity contribution in [2.45, 2.75) is 85.0 Å². The van der Waals surface area contributed by atoms with E-state index >= 15 is 0 Å². The largest absolute Gasteiger partial charge is 0.507 e. The highest BCUT2D eigenvalue weighted by atomic mass is 16.3. The van der Waals surface area contributed by atoms with Crippen LogP contribution in [0, 0.1) is 0 Å². The van der Waals surface area contributed by atoms with Crippen LogP contribution in [0.25, 0.3) is 11.1 Å². The number of hydrogen-bond donors (Lipinski definition) is 1. The molecule has 1 heteroatoms. The van der Waals surface area contributed by atoms with Crippen molar-refractivity contribution >= 4 is 0 Å². The van der Waals surface area contributed by atoms with E-state index in [1.807, 2.05) is 0 Å². The average molecular weight is 353 g/mol. The highest BCUT2D eigenvalue weighted by Crippen LogP contribution is 2.42. The van der Waals surface area contributed by atoms with Gasteiger partial charge in [0.1, 0.15) is 5.75 Å². The summed E-state index contributed by atoms with van der Waals surface area (Å²) in [5.41, 5.74) is 5.97. The van der Waals surface area contributed by atoms with Crippen molar-refractivity contribution in [1.82, 2.24) is 0 Å². The first-order chi connectivity index (χ1) is 12.0. The molecule has 0 aliphatic heterocycles. The fourth-order valence-corrected chi connectivity index (χ4v) is 3.22. The molecule has 1 nitrogen and oxygen atoms in total. The van der Waals surface area contributed by atoms with Crippen LogP contribution in [0.4, 0.5) is 0 Å². The minimum Gasteiger partial charge on any atom is -0.507 e. The highest BCUT2D eigenvalue weighted by molar-refractivity contribution is 5.73. The topological polar surface area (TPSA) is 20.2 Å². The van der Waals surface area contributed by atoms with E-state index in [1.54, 1.807) is 0 Å². The maximum Gasteiger partial charge on any atom is 0.126 e. The molecule has 0 heterocycles. The number of aromatic hydroxyl groups is 1. The Hall–Kier alpha value is -1.76. The molecule has 0 fully saturated rings. The van der Waals surface area contributed by atoms with Crippen LogP contribution in [-0.4, -0.2) is 5.11 Å². The Morgan fingerprint density at radius 2 is 1.46 bits per heavy atom. The van der Waals surface area contributed by atoms with Crippen LogP contribution < -0.4 is 0 Å². The Balaban J connectivity index is 2.65. The Labute approximate surface area is 160 Å². The second-order valence-corrected chi connectivity index (χ2v) is 9.34. The lowest BCUT2D eigenvalue weighted by Gasteiger charge is -2.27. The number of rotatable bonds is 5. The summed E-state index contributed by atoms with van der Waals surface area (Å²) in [7, 11) is 0. The van der Waals surface area contributed by atoms with Crippen molar-refractivity contribution in [3.8, 4) is 16.9 Å². The van der Waals surface area contributed by atoms with Gasteiger partial charge in [-0.3, -0.25) is 0 Å². The lowest BCUT2D eigenvalue weighted by Crippen LogP contribution is -2.16. The molecule has 1 atom stereocenters. The molecule has 0 spiro atoms. The van der Waals surface area contributed by atoms with Crippen molar-refractivity contribution in [2.24, 2.45) is 0 Å². The SMILES string of the molecule is CCC(C)c1cc(C(C)(C)CC)cc(-c2ccc(C(C)(C)C)cc2)c1O. The standard InChI is InChI=1S/C25H36O/c1-9-17(3)21-15-20(25(7,8)10-2)16-22(23(21)26)18-11-13-19(14-12-18)24(4,5)6/h11-17,26H,9-10H2,1-8H3. The van der Waals surface area contributed by atoms with E-state index in [9.17, 15) is 5.11 Å². The molecule has 0 aromatic heterocycles. The molecule has 2 aromatic rings. The smallest absolute Gasteiger partial charge is 0.126 e. The molecule has 0 aliphatic rings. The number of benzene rings is 2. The van der Waals surface area contributed by atoms with Gasteiger partial charge in [0.2, 0.25) is 0 Å². The summed E-state index contributed by atoms with van der Waals surface area (Å²) in [6.45, 7) is 17.9. The van der Waals surface area contributed by atoms with Crippen LogP contribution >= 0.6 is 0 Å². The first-order valence-corrected chi connectivity index (χ1v) is 9.99. The summed E-state index contributed by atoms with van der Waals surface area (Å²) in [5.74, 6) is 0.786. The van der Waals surface area contributed by atoms with E-state index in [0.29, 0.717) is 11.7 Å². The van der Waals surface area contributed by atoms with Crippen molar-refractivity contribution < 1.29 is 5.11 Å². The van der Waals surface area contributed by atoms with Crippen LogP contribution in [0.15, 0.2) is 36.4 Å². The van der Waals surface area contributed by atoms with Gasteiger partial charge in [0.25, 0.3) is 0 Å². The molecular weight excluding hydrogens is 316 g/mol. The van der Waals surface area contributed by atoms with E-state index < -0.39 is 0 Å². The van der Waals surface area contributed by atoms with E-state index in [2.05, 4.69) is 91.8 Å². The van der Waals surface area contributed by atoms with Gasteiger partial charge in [-0.15, -0.1) is 0 Å². The van der Waals surface area contributed by atoms with E-state index in [-0.39, 0.29) is 10.8 Å². The number of phenolic OH excluding ortho intramolecular Hbond substituents is 1. The molecule has 0 bridgehead atoms. The third-order valence-corrected chi connectivity index (χ3v) is 6.01. The molecule has 1 unspecified atom stereocenters. The maximum absolute atomic E-state index is 11.0. The van der Waals surface area contributed by atoms with Gasteiger partial charge in [-0.25, -0.2) is 0 Å². The summed E-state index contributed by atoms with van der Waals surface area (Å²) < 4.78 is 0. The van der Waals surface area contributed by atoms with E-state index in [1.165, 1.54) is 11.1 Å². The summed E-state index contributed by atoms with van der Waals surface area (Å²) in [4.78, 5) is 0. The van der Waals surface area contributed by atoms with Crippen LogP contribution in [-0.2, 0) is 10.8 Å². The summed E-state index contributed by atoms with van der Waals surface area (Å²) in [6.07, 6.45) is 2.09. The van der Waals surface area contributed by atoms with Crippen molar-refractivity contribution in [3.05, 3.63) is 53.1 Å². The molecule has 2 aromatic carbocycles. The average Bonchev–Trinajstić information content (AvgIpc) is 2.60. The van der Waals surface area contributed by atoms with Crippen LogP contribution in [0.3, 0.4) is 0 Å². The predicted octanol–water partition coefficient (Wildman–Crippen LogP) is 7.56. The van der Waals surface area contributed by atoms with Gasteiger partial charge in [0, 0.05) is 5.56 Å². The molecule has 2 rings (SSSR count). The molecule has 0 saturated heterocycles. The molecular formula is C25H36O. The lowest BCUT2D eigenvalue weighted by molar-refractivity contribution is 0.459. The summed E-state index contributed by atoms with van der Waals surface area (Å²) >= 11 is 0. The zero-order chi connectivity index (χ0) is 19.7. The zero-order valence-corrected chi connectivity index (χ0v) is 17.9.